The summed E-state index contributed by atoms with van der Waals surface area (Å²) in [6.45, 7) is 11.5. The first-order valence-electron chi connectivity index (χ1n) is 8.81. The van der Waals surface area contributed by atoms with E-state index in [1.165, 1.54) is 45.3 Å². The Labute approximate surface area is 130 Å². The second-order valence-corrected chi connectivity index (χ2v) is 6.30. The topological polar surface area (TPSA) is 15.3 Å². The summed E-state index contributed by atoms with van der Waals surface area (Å²) in [7, 11) is 0. The standard InChI is InChI=1S/C19H32N2/c1-4-12-20-18(11-13-21(5-2)6-3)15-17-14-16-9-7-8-10-19(16)17/h7-10,17-18,20H,4-6,11-15H2,1-3H3. The zero-order chi connectivity index (χ0) is 15.1. The highest BCUT2D eigenvalue weighted by atomic mass is 15.1. The highest BCUT2D eigenvalue weighted by Gasteiger charge is 2.27. The molecule has 0 fully saturated rings. The van der Waals surface area contributed by atoms with E-state index < -0.39 is 0 Å². The lowest BCUT2D eigenvalue weighted by Gasteiger charge is -2.34. The van der Waals surface area contributed by atoms with Crippen molar-refractivity contribution in [1.29, 1.82) is 0 Å². The minimum absolute atomic E-state index is 0.670. The predicted molar refractivity (Wildman–Crippen MR) is 92.0 cm³/mol. The molecule has 0 heterocycles. The second-order valence-electron chi connectivity index (χ2n) is 6.30. The quantitative estimate of drug-likeness (QED) is 0.704. The van der Waals surface area contributed by atoms with Crippen molar-refractivity contribution >= 4 is 0 Å². The van der Waals surface area contributed by atoms with E-state index in [0.29, 0.717) is 6.04 Å². The largest absolute Gasteiger partial charge is 0.314 e. The molecule has 2 nitrogen and oxygen atoms in total. The van der Waals surface area contributed by atoms with E-state index in [2.05, 4.69) is 55.3 Å². The van der Waals surface area contributed by atoms with Crippen molar-refractivity contribution in [3.8, 4) is 0 Å². The summed E-state index contributed by atoms with van der Waals surface area (Å²) in [5.41, 5.74) is 3.17. The van der Waals surface area contributed by atoms with Gasteiger partial charge in [-0.3, -0.25) is 0 Å². The minimum Gasteiger partial charge on any atom is -0.314 e. The van der Waals surface area contributed by atoms with Crippen LogP contribution < -0.4 is 5.32 Å². The molecule has 1 aromatic carbocycles. The van der Waals surface area contributed by atoms with E-state index >= 15 is 0 Å². The van der Waals surface area contributed by atoms with Gasteiger partial charge < -0.3 is 10.2 Å². The number of fused-ring (bicyclic) bond motifs is 1. The Morgan fingerprint density at radius 2 is 1.95 bits per heavy atom. The summed E-state index contributed by atoms with van der Waals surface area (Å²) in [5, 5.41) is 3.78. The van der Waals surface area contributed by atoms with Crippen LogP contribution in [0.5, 0.6) is 0 Å². The molecule has 0 bridgehead atoms. The molecule has 0 saturated carbocycles. The highest BCUT2D eigenvalue weighted by Crippen LogP contribution is 2.38. The van der Waals surface area contributed by atoms with Crippen molar-refractivity contribution in [2.24, 2.45) is 0 Å². The molecule has 2 unspecified atom stereocenters. The number of benzene rings is 1. The molecule has 0 spiro atoms. The molecule has 21 heavy (non-hydrogen) atoms. The van der Waals surface area contributed by atoms with Crippen molar-refractivity contribution in [3.63, 3.8) is 0 Å². The number of nitrogens with zero attached hydrogens (tertiary/aromatic N) is 1. The molecule has 2 rings (SSSR count). The van der Waals surface area contributed by atoms with Crippen LogP contribution in [0.2, 0.25) is 0 Å². The summed E-state index contributed by atoms with van der Waals surface area (Å²) in [6, 6.07) is 9.64. The van der Waals surface area contributed by atoms with Crippen LogP contribution in [-0.2, 0) is 6.42 Å². The fourth-order valence-electron chi connectivity index (χ4n) is 3.45. The molecular weight excluding hydrogens is 256 g/mol. The SMILES string of the molecule is CCCNC(CCN(CC)CC)CC1Cc2ccccc21. The van der Waals surface area contributed by atoms with Gasteiger partial charge in [-0.15, -0.1) is 0 Å². The Bertz CT molecular complexity index is 412. The molecule has 118 valence electrons. The summed E-state index contributed by atoms with van der Waals surface area (Å²) in [6.07, 6.45) is 5.09. The zero-order valence-electron chi connectivity index (χ0n) is 14.1. The van der Waals surface area contributed by atoms with Crippen molar-refractivity contribution in [1.82, 2.24) is 10.2 Å². The third-order valence-electron chi connectivity index (χ3n) is 4.90. The maximum absolute atomic E-state index is 3.78. The molecule has 0 radical (unpaired) electrons. The van der Waals surface area contributed by atoms with Crippen LogP contribution in [0.4, 0.5) is 0 Å². The van der Waals surface area contributed by atoms with Gasteiger partial charge in [0.05, 0.1) is 0 Å². The van der Waals surface area contributed by atoms with E-state index in [0.717, 1.165) is 12.5 Å². The molecule has 1 N–H and O–H groups in total. The Kier molecular flexibility index (Phi) is 6.72. The Balaban J connectivity index is 1.85. The van der Waals surface area contributed by atoms with Crippen molar-refractivity contribution in [2.75, 3.05) is 26.2 Å². The van der Waals surface area contributed by atoms with E-state index in [9.17, 15) is 0 Å². The predicted octanol–water partition coefficient (Wildman–Crippen LogP) is 3.82. The average molecular weight is 288 g/mol. The Morgan fingerprint density at radius 3 is 2.62 bits per heavy atom. The lowest BCUT2D eigenvalue weighted by Crippen LogP contribution is -2.37. The van der Waals surface area contributed by atoms with Crippen LogP contribution in [-0.4, -0.2) is 37.1 Å². The van der Waals surface area contributed by atoms with Gasteiger partial charge in [0.15, 0.2) is 0 Å². The molecule has 2 atom stereocenters. The van der Waals surface area contributed by atoms with Gasteiger partial charge in [-0.05, 0) is 68.9 Å². The molecule has 0 aliphatic heterocycles. The van der Waals surface area contributed by atoms with Gasteiger partial charge in [0.25, 0.3) is 0 Å². The summed E-state index contributed by atoms with van der Waals surface area (Å²) in [5.74, 6) is 0.784. The van der Waals surface area contributed by atoms with Crippen molar-refractivity contribution < 1.29 is 0 Å². The number of nitrogens with one attached hydrogen (secondary N) is 1. The van der Waals surface area contributed by atoms with Crippen LogP contribution in [0.1, 0.15) is 57.1 Å². The maximum atomic E-state index is 3.78. The fraction of sp³-hybridized carbons (Fsp3) is 0.684. The maximum Gasteiger partial charge on any atom is 0.00851 e. The van der Waals surface area contributed by atoms with Gasteiger partial charge in [-0.2, -0.15) is 0 Å². The molecule has 2 heteroatoms. The van der Waals surface area contributed by atoms with E-state index in [4.69, 9.17) is 0 Å². The molecule has 1 aliphatic carbocycles. The van der Waals surface area contributed by atoms with E-state index in [-0.39, 0.29) is 0 Å². The third kappa shape index (κ3) is 4.55. The summed E-state index contributed by atoms with van der Waals surface area (Å²) >= 11 is 0. The zero-order valence-corrected chi connectivity index (χ0v) is 14.1. The summed E-state index contributed by atoms with van der Waals surface area (Å²) in [4.78, 5) is 2.54. The van der Waals surface area contributed by atoms with E-state index in [1.54, 1.807) is 11.1 Å². The molecule has 1 aliphatic rings. The molecule has 0 amide bonds. The third-order valence-corrected chi connectivity index (χ3v) is 4.90. The van der Waals surface area contributed by atoms with Crippen molar-refractivity contribution in [3.05, 3.63) is 35.4 Å². The lowest BCUT2D eigenvalue weighted by molar-refractivity contribution is 0.271. The minimum atomic E-state index is 0.670. The van der Waals surface area contributed by atoms with E-state index in [1.807, 2.05) is 0 Å². The van der Waals surface area contributed by atoms with Gasteiger partial charge in [-0.25, -0.2) is 0 Å². The van der Waals surface area contributed by atoms with Gasteiger partial charge in [0.2, 0.25) is 0 Å². The average Bonchev–Trinajstić information content (AvgIpc) is 2.50. The van der Waals surface area contributed by atoms with Crippen molar-refractivity contribution in [2.45, 2.75) is 58.4 Å². The molecule has 1 aromatic rings. The monoisotopic (exact) mass is 288 g/mol. The fourth-order valence-corrected chi connectivity index (χ4v) is 3.45. The van der Waals surface area contributed by atoms with Gasteiger partial charge in [0.1, 0.15) is 0 Å². The number of hydrogen-bond acceptors (Lipinski definition) is 2. The Hall–Kier alpha value is -0.860. The lowest BCUT2D eigenvalue weighted by atomic mass is 9.74. The molecule has 0 saturated heterocycles. The highest BCUT2D eigenvalue weighted by molar-refractivity contribution is 5.39. The number of rotatable bonds is 10. The first kappa shape index (κ1) is 16.5. The number of hydrogen-bond donors (Lipinski definition) is 1. The first-order valence-corrected chi connectivity index (χ1v) is 8.81. The summed E-state index contributed by atoms with van der Waals surface area (Å²) < 4.78 is 0. The Morgan fingerprint density at radius 1 is 1.19 bits per heavy atom. The first-order chi connectivity index (χ1) is 10.3. The molecule has 0 aromatic heterocycles. The van der Waals surface area contributed by atoms with Gasteiger partial charge >= 0.3 is 0 Å². The van der Waals surface area contributed by atoms with Crippen LogP contribution in [0.3, 0.4) is 0 Å². The van der Waals surface area contributed by atoms with Gasteiger partial charge in [-0.1, -0.05) is 45.0 Å². The molecular formula is C19H32N2. The smallest absolute Gasteiger partial charge is 0.00851 e. The normalized spacial score (nSPS) is 18.4. The van der Waals surface area contributed by atoms with Crippen LogP contribution in [0.15, 0.2) is 24.3 Å². The second kappa shape index (κ2) is 8.55. The van der Waals surface area contributed by atoms with Crippen LogP contribution in [0, 0.1) is 0 Å². The van der Waals surface area contributed by atoms with Gasteiger partial charge in [0, 0.05) is 6.04 Å². The van der Waals surface area contributed by atoms with Crippen LogP contribution in [0.25, 0.3) is 0 Å². The van der Waals surface area contributed by atoms with Crippen LogP contribution >= 0.6 is 0 Å².